The van der Waals surface area contributed by atoms with Crippen LogP contribution < -0.4 is 0 Å². The maximum atomic E-state index is 11.9. The zero-order chi connectivity index (χ0) is 13.9. The summed E-state index contributed by atoms with van der Waals surface area (Å²) >= 11 is 0. The van der Waals surface area contributed by atoms with E-state index in [1.54, 1.807) is 0 Å². The fraction of sp³-hybridized carbons (Fsp3) is 0.947. The predicted octanol–water partition coefficient (Wildman–Crippen LogP) is 4.84. The van der Waals surface area contributed by atoms with Crippen molar-refractivity contribution in [3.05, 3.63) is 0 Å². The maximum absolute atomic E-state index is 11.9. The molecule has 4 aliphatic carbocycles. The quantitative estimate of drug-likeness (QED) is 0.617. The minimum absolute atomic E-state index is 0.382. The second kappa shape index (κ2) is 4.58. The van der Waals surface area contributed by atoms with Gasteiger partial charge in [0.15, 0.2) is 0 Å². The molecule has 4 saturated carbocycles. The van der Waals surface area contributed by atoms with E-state index in [1.807, 2.05) is 0 Å². The van der Waals surface area contributed by atoms with E-state index in [0.717, 1.165) is 48.3 Å². The Labute approximate surface area is 123 Å². The first-order valence-corrected chi connectivity index (χ1v) is 9.07. The lowest BCUT2D eigenvalue weighted by molar-refractivity contribution is -0.118. The average Bonchev–Trinajstić information content (AvgIpc) is 2.68. The second-order valence-corrected chi connectivity index (χ2v) is 9.05. The first kappa shape index (κ1) is 13.3. The second-order valence-electron chi connectivity index (χ2n) is 9.05. The summed E-state index contributed by atoms with van der Waals surface area (Å²) in [5.41, 5.74) is 0.382. The molecule has 1 nitrogen and oxygen atoms in total. The van der Waals surface area contributed by atoms with Crippen LogP contribution >= 0.6 is 0 Å². The van der Waals surface area contributed by atoms with Crippen LogP contribution in [0.15, 0.2) is 0 Å². The molecule has 4 aliphatic rings. The molecule has 4 fully saturated rings. The van der Waals surface area contributed by atoms with E-state index in [1.165, 1.54) is 44.9 Å². The van der Waals surface area contributed by atoms with Crippen LogP contribution in [0.5, 0.6) is 0 Å². The Bertz CT molecular complexity index is 414. The molecule has 0 aromatic heterocycles. The van der Waals surface area contributed by atoms with Crippen molar-refractivity contribution in [3.8, 4) is 0 Å². The number of hydrogen-bond donors (Lipinski definition) is 0. The van der Waals surface area contributed by atoms with Crippen molar-refractivity contribution in [1.82, 2.24) is 0 Å². The maximum Gasteiger partial charge on any atom is 0.133 e. The average molecular weight is 274 g/mol. The summed E-state index contributed by atoms with van der Waals surface area (Å²) in [5.74, 6) is 6.24. The lowest BCUT2D eigenvalue weighted by Gasteiger charge is -2.54. The monoisotopic (exact) mass is 274 g/mol. The van der Waals surface area contributed by atoms with E-state index in [0.29, 0.717) is 11.2 Å². The van der Waals surface area contributed by atoms with Gasteiger partial charge in [-0.15, -0.1) is 0 Å². The first-order valence-electron chi connectivity index (χ1n) is 9.07. The third-order valence-electron chi connectivity index (χ3n) is 7.71. The summed E-state index contributed by atoms with van der Waals surface area (Å²) in [6.07, 6.45) is 12.0. The number of carbonyl (C=O) groups excluding carboxylic acids is 1. The molecule has 0 unspecified atom stereocenters. The van der Waals surface area contributed by atoms with Crippen molar-refractivity contribution in [1.29, 1.82) is 0 Å². The van der Waals surface area contributed by atoms with E-state index >= 15 is 0 Å². The molecule has 4 rings (SSSR count). The highest BCUT2D eigenvalue weighted by Gasteiger charge is 2.53. The molecule has 20 heavy (non-hydrogen) atoms. The number of fused-ring (bicyclic) bond motifs is 4. The Morgan fingerprint density at radius 2 is 1.80 bits per heavy atom. The molecule has 0 aromatic rings. The van der Waals surface area contributed by atoms with Crippen LogP contribution in [0, 0.1) is 40.9 Å². The van der Waals surface area contributed by atoms with Crippen molar-refractivity contribution in [2.75, 3.05) is 0 Å². The molecule has 0 aliphatic heterocycles. The standard InChI is InChI=1S/C19H30O/c1-12-3-6-17-13(7-12)4-5-14-10-19(2)11-16(20)8-15(19)9-18(14)17/h12-15,17-18H,3-11H2,1-2H3/t12-,13+,14+,15-,17+,18+,19+/m1/s1. The van der Waals surface area contributed by atoms with E-state index in [2.05, 4.69) is 13.8 Å². The van der Waals surface area contributed by atoms with Crippen molar-refractivity contribution < 1.29 is 4.79 Å². The summed E-state index contributed by atoms with van der Waals surface area (Å²) < 4.78 is 0. The van der Waals surface area contributed by atoms with Gasteiger partial charge in [0.25, 0.3) is 0 Å². The summed E-state index contributed by atoms with van der Waals surface area (Å²) in [6, 6.07) is 0. The van der Waals surface area contributed by atoms with E-state index in [-0.39, 0.29) is 0 Å². The lowest BCUT2D eigenvalue weighted by Crippen LogP contribution is -2.45. The topological polar surface area (TPSA) is 17.1 Å². The Morgan fingerprint density at radius 3 is 2.65 bits per heavy atom. The summed E-state index contributed by atoms with van der Waals surface area (Å²) in [5, 5.41) is 0. The molecule has 0 aromatic carbocycles. The fourth-order valence-corrected chi connectivity index (χ4v) is 6.75. The van der Waals surface area contributed by atoms with Crippen LogP contribution in [0.4, 0.5) is 0 Å². The largest absolute Gasteiger partial charge is 0.300 e. The van der Waals surface area contributed by atoms with Gasteiger partial charge in [-0.3, -0.25) is 4.79 Å². The highest BCUT2D eigenvalue weighted by Crippen LogP contribution is 2.61. The van der Waals surface area contributed by atoms with Crippen molar-refractivity contribution in [3.63, 3.8) is 0 Å². The van der Waals surface area contributed by atoms with Gasteiger partial charge < -0.3 is 0 Å². The van der Waals surface area contributed by atoms with Gasteiger partial charge in [0.05, 0.1) is 0 Å². The van der Waals surface area contributed by atoms with Gasteiger partial charge >= 0.3 is 0 Å². The molecule has 112 valence electrons. The van der Waals surface area contributed by atoms with Gasteiger partial charge in [0.1, 0.15) is 5.78 Å². The molecule has 0 N–H and O–H groups in total. The van der Waals surface area contributed by atoms with Crippen molar-refractivity contribution in [2.24, 2.45) is 40.9 Å². The van der Waals surface area contributed by atoms with E-state index in [9.17, 15) is 4.79 Å². The highest BCUT2D eigenvalue weighted by molar-refractivity contribution is 5.82. The summed E-state index contributed by atoms with van der Waals surface area (Å²) in [7, 11) is 0. The van der Waals surface area contributed by atoms with Crippen LogP contribution in [0.2, 0.25) is 0 Å². The van der Waals surface area contributed by atoms with Gasteiger partial charge in [-0.05, 0) is 79.4 Å². The van der Waals surface area contributed by atoms with Crippen LogP contribution in [0.1, 0.15) is 71.6 Å². The molecule has 0 spiro atoms. The zero-order valence-corrected chi connectivity index (χ0v) is 13.2. The third-order valence-corrected chi connectivity index (χ3v) is 7.71. The minimum Gasteiger partial charge on any atom is -0.300 e. The Balaban J connectivity index is 1.55. The van der Waals surface area contributed by atoms with Gasteiger partial charge in [-0.25, -0.2) is 0 Å². The van der Waals surface area contributed by atoms with Crippen molar-refractivity contribution >= 4 is 5.78 Å². The normalized spacial score (nSPS) is 55.0. The first-order chi connectivity index (χ1) is 9.55. The fourth-order valence-electron chi connectivity index (χ4n) is 6.75. The molecular weight excluding hydrogens is 244 g/mol. The Hall–Kier alpha value is -0.330. The van der Waals surface area contributed by atoms with Crippen LogP contribution in [-0.2, 0) is 4.79 Å². The van der Waals surface area contributed by atoms with Crippen LogP contribution in [0.3, 0.4) is 0 Å². The highest BCUT2D eigenvalue weighted by atomic mass is 16.1. The third kappa shape index (κ3) is 1.99. The predicted molar refractivity (Wildman–Crippen MR) is 81.3 cm³/mol. The summed E-state index contributed by atoms with van der Waals surface area (Å²) in [4.78, 5) is 11.9. The lowest BCUT2D eigenvalue weighted by atomic mass is 9.51. The number of hydrogen-bond acceptors (Lipinski definition) is 1. The van der Waals surface area contributed by atoms with Gasteiger partial charge in [-0.1, -0.05) is 20.3 Å². The van der Waals surface area contributed by atoms with E-state index in [4.69, 9.17) is 0 Å². The van der Waals surface area contributed by atoms with E-state index < -0.39 is 0 Å². The number of carbonyl (C=O) groups is 1. The molecule has 0 saturated heterocycles. The van der Waals surface area contributed by atoms with Crippen molar-refractivity contribution in [2.45, 2.75) is 71.6 Å². The number of rotatable bonds is 0. The molecule has 0 heterocycles. The molecule has 0 radical (unpaired) electrons. The molecule has 1 heteroatoms. The molecule has 0 amide bonds. The minimum atomic E-state index is 0.382. The number of ketones is 1. The smallest absolute Gasteiger partial charge is 0.133 e. The molecular formula is C19H30O. The number of Topliss-reactive ketones (excluding diaryl/α,β-unsaturated/α-hetero) is 1. The van der Waals surface area contributed by atoms with Gasteiger partial charge in [-0.2, -0.15) is 0 Å². The van der Waals surface area contributed by atoms with Gasteiger partial charge in [0.2, 0.25) is 0 Å². The Morgan fingerprint density at radius 1 is 1.00 bits per heavy atom. The molecule has 0 bridgehead atoms. The van der Waals surface area contributed by atoms with Crippen LogP contribution in [0.25, 0.3) is 0 Å². The summed E-state index contributed by atoms with van der Waals surface area (Å²) in [6.45, 7) is 4.88. The SMILES string of the molecule is C[C@@H]1CC[C@H]2[C@@H](CC[C@H]3C[C@@]4(C)CC(=O)C[C@@H]4C[C@@H]32)C1. The molecule has 7 atom stereocenters. The van der Waals surface area contributed by atoms with Gasteiger partial charge in [0, 0.05) is 12.8 Å². The van der Waals surface area contributed by atoms with Crippen LogP contribution in [-0.4, -0.2) is 5.78 Å². The Kier molecular flexibility index (Phi) is 3.06. The zero-order valence-electron chi connectivity index (χ0n) is 13.2.